The van der Waals surface area contributed by atoms with Crippen molar-refractivity contribution in [3.63, 3.8) is 0 Å². The smallest absolute Gasteiger partial charge is 0.294 e. The van der Waals surface area contributed by atoms with Crippen LogP contribution in [0.3, 0.4) is 0 Å². The summed E-state index contributed by atoms with van der Waals surface area (Å²) in [5.74, 6) is -0.228. The lowest BCUT2D eigenvalue weighted by Gasteiger charge is -2.36. The zero-order valence-corrected chi connectivity index (χ0v) is 25.4. The van der Waals surface area contributed by atoms with Crippen LogP contribution in [-0.2, 0) is 16.2 Å². The van der Waals surface area contributed by atoms with Crippen LogP contribution < -0.4 is 14.4 Å². The zero-order valence-electron chi connectivity index (χ0n) is 23.8. The first-order valence-corrected chi connectivity index (χ1v) is 15.1. The van der Waals surface area contributed by atoms with Gasteiger partial charge in [-0.3, -0.25) is 29.4 Å². The van der Waals surface area contributed by atoms with Crippen LogP contribution >= 0.6 is 23.4 Å². The summed E-state index contributed by atoms with van der Waals surface area (Å²) in [4.78, 5) is 54.4. The molecule has 44 heavy (non-hydrogen) atoms. The minimum Gasteiger partial charge on any atom is -0.490 e. The van der Waals surface area contributed by atoms with E-state index < -0.39 is 16.1 Å². The number of carbonyl (C=O) groups excluding carboxylic acids is 3. The van der Waals surface area contributed by atoms with Gasteiger partial charge in [-0.15, -0.1) is 0 Å². The molecule has 2 saturated heterocycles. The van der Waals surface area contributed by atoms with Crippen LogP contribution in [0.25, 0.3) is 6.08 Å². The first-order chi connectivity index (χ1) is 21.2. The lowest BCUT2D eigenvalue weighted by Crippen LogP contribution is -2.51. The molecule has 0 radical (unpaired) electrons. The normalized spacial score (nSPS) is 16.0. The molecule has 13 heteroatoms. The summed E-state index contributed by atoms with van der Waals surface area (Å²) in [7, 11) is 0. The standard InChI is InChI=1S/C31H29ClN4O7S/c1-2-42-26-17-22(16-25(32)29(26)43-20-21-8-10-24(11-9-21)36(40)41)18-27-30(38)35(31(39)44-27)19-28(37)34-14-12-33(13-15-34)23-6-4-3-5-7-23/h3-11,16-18H,2,12-15,19-20H2,1H3/b27-18+. The van der Waals surface area contributed by atoms with E-state index in [1.165, 1.54) is 18.2 Å². The third-order valence-corrected chi connectivity index (χ3v) is 8.27. The van der Waals surface area contributed by atoms with Crippen LogP contribution in [0.1, 0.15) is 18.1 Å². The molecule has 2 fully saturated rings. The Labute approximate surface area is 263 Å². The number of anilines is 1. The predicted molar refractivity (Wildman–Crippen MR) is 168 cm³/mol. The number of hydrogen-bond acceptors (Lipinski definition) is 9. The van der Waals surface area contributed by atoms with Gasteiger partial charge in [0.25, 0.3) is 16.8 Å². The van der Waals surface area contributed by atoms with Gasteiger partial charge in [-0.2, -0.15) is 0 Å². The van der Waals surface area contributed by atoms with Gasteiger partial charge in [0.1, 0.15) is 13.2 Å². The molecule has 2 aliphatic heterocycles. The molecular formula is C31H29ClN4O7S. The van der Waals surface area contributed by atoms with Crippen LogP contribution in [0.4, 0.5) is 16.2 Å². The van der Waals surface area contributed by atoms with E-state index in [-0.39, 0.29) is 40.4 Å². The lowest BCUT2D eigenvalue weighted by atomic mass is 10.1. The molecule has 0 aliphatic carbocycles. The van der Waals surface area contributed by atoms with Gasteiger partial charge in [-0.1, -0.05) is 29.8 Å². The topological polar surface area (TPSA) is 123 Å². The summed E-state index contributed by atoms with van der Waals surface area (Å²) in [6.07, 6.45) is 1.53. The first kappa shape index (κ1) is 30.9. The van der Waals surface area contributed by atoms with Gasteiger partial charge in [-0.25, -0.2) is 0 Å². The van der Waals surface area contributed by atoms with E-state index in [9.17, 15) is 24.5 Å². The van der Waals surface area contributed by atoms with E-state index in [0.29, 0.717) is 49.7 Å². The Bertz CT molecular complexity index is 1590. The predicted octanol–water partition coefficient (Wildman–Crippen LogP) is 5.61. The lowest BCUT2D eigenvalue weighted by molar-refractivity contribution is -0.384. The fourth-order valence-corrected chi connectivity index (χ4v) is 5.93. The van der Waals surface area contributed by atoms with Crippen molar-refractivity contribution in [1.82, 2.24) is 9.80 Å². The van der Waals surface area contributed by atoms with Gasteiger partial charge in [0.15, 0.2) is 11.5 Å². The molecule has 0 aromatic heterocycles. The number of imide groups is 1. The number of amides is 3. The number of para-hydroxylation sites is 1. The largest absolute Gasteiger partial charge is 0.490 e. The van der Waals surface area contributed by atoms with E-state index in [4.69, 9.17) is 21.1 Å². The SMILES string of the molecule is CCOc1cc(/C=C2/SC(=O)N(CC(=O)N3CCN(c4ccccc4)CC3)C2=O)cc(Cl)c1OCc1ccc([N+](=O)[O-])cc1. The van der Waals surface area contributed by atoms with Crippen molar-refractivity contribution in [3.05, 3.63) is 97.9 Å². The number of piperazine rings is 1. The number of carbonyl (C=O) groups is 3. The van der Waals surface area contributed by atoms with E-state index in [2.05, 4.69) is 4.90 Å². The van der Waals surface area contributed by atoms with E-state index in [1.807, 2.05) is 30.3 Å². The number of rotatable bonds is 10. The van der Waals surface area contributed by atoms with E-state index in [0.717, 1.165) is 22.3 Å². The average Bonchev–Trinajstić information content (AvgIpc) is 3.28. The minimum atomic E-state index is -0.552. The Morgan fingerprint density at radius 2 is 1.73 bits per heavy atom. The first-order valence-electron chi connectivity index (χ1n) is 13.9. The molecule has 3 amide bonds. The van der Waals surface area contributed by atoms with Crippen molar-refractivity contribution in [3.8, 4) is 11.5 Å². The van der Waals surface area contributed by atoms with Crippen LogP contribution in [-0.4, -0.2) is 71.1 Å². The minimum absolute atomic E-state index is 0.0263. The number of ether oxygens (including phenoxy) is 2. The molecular weight excluding hydrogens is 608 g/mol. The van der Waals surface area contributed by atoms with Crippen LogP contribution in [0, 0.1) is 10.1 Å². The molecule has 11 nitrogen and oxygen atoms in total. The monoisotopic (exact) mass is 636 g/mol. The summed E-state index contributed by atoms with van der Waals surface area (Å²) in [6.45, 7) is 4.19. The number of non-ortho nitro benzene ring substituents is 1. The molecule has 0 unspecified atom stereocenters. The number of nitro groups is 1. The fourth-order valence-electron chi connectivity index (χ4n) is 4.82. The highest BCUT2D eigenvalue weighted by molar-refractivity contribution is 8.18. The summed E-state index contributed by atoms with van der Waals surface area (Å²) >= 11 is 7.30. The number of halogens is 1. The van der Waals surface area contributed by atoms with Gasteiger partial charge in [0.05, 0.1) is 21.5 Å². The fraction of sp³-hybridized carbons (Fsp3) is 0.258. The second-order valence-corrected chi connectivity index (χ2v) is 11.3. The molecule has 5 rings (SSSR count). The highest BCUT2D eigenvalue weighted by Gasteiger charge is 2.37. The average molecular weight is 637 g/mol. The van der Waals surface area contributed by atoms with Crippen molar-refractivity contribution in [2.75, 3.05) is 44.2 Å². The number of benzene rings is 3. The van der Waals surface area contributed by atoms with Crippen molar-refractivity contribution in [2.24, 2.45) is 0 Å². The molecule has 228 valence electrons. The molecule has 0 spiro atoms. The van der Waals surface area contributed by atoms with Crippen LogP contribution in [0.5, 0.6) is 11.5 Å². The van der Waals surface area contributed by atoms with Crippen molar-refractivity contribution in [1.29, 1.82) is 0 Å². The molecule has 0 saturated carbocycles. The molecule has 2 heterocycles. The summed E-state index contributed by atoms with van der Waals surface area (Å²) < 4.78 is 11.6. The Morgan fingerprint density at radius 1 is 1.02 bits per heavy atom. The molecule has 0 atom stereocenters. The quantitative estimate of drug-likeness (QED) is 0.159. The number of nitrogens with zero attached hydrogens (tertiary/aromatic N) is 4. The third kappa shape index (κ3) is 7.14. The summed E-state index contributed by atoms with van der Waals surface area (Å²) in [5, 5.41) is 10.6. The van der Waals surface area contributed by atoms with Crippen LogP contribution in [0.15, 0.2) is 71.6 Å². The van der Waals surface area contributed by atoms with Crippen molar-refractivity contribution < 1.29 is 28.8 Å². The van der Waals surface area contributed by atoms with Gasteiger partial charge in [-0.05, 0) is 72.3 Å². The Balaban J connectivity index is 1.23. The number of hydrogen-bond donors (Lipinski definition) is 0. The van der Waals surface area contributed by atoms with E-state index in [1.54, 1.807) is 36.1 Å². The second kappa shape index (κ2) is 13.8. The number of thioether (sulfide) groups is 1. The maximum absolute atomic E-state index is 13.2. The molecule has 3 aromatic rings. The zero-order chi connectivity index (χ0) is 31.2. The van der Waals surface area contributed by atoms with Crippen molar-refractivity contribution >= 4 is 57.9 Å². The molecule has 2 aliphatic rings. The Kier molecular flexibility index (Phi) is 9.71. The van der Waals surface area contributed by atoms with Gasteiger partial charge < -0.3 is 19.3 Å². The van der Waals surface area contributed by atoms with Gasteiger partial charge in [0, 0.05) is 44.0 Å². The van der Waals surface area contributed by atoms with Crippen LogP contribution in [0.2, 0.25) is 5.02 Å². The summed E-state index contributed by atoms with van der Waals surface area (Å²) in [5.41, 5.74) is 2.27. The maximum Gasteiger partial charge on any atom is 0.294 e. The van der Waals surface area contributed by atoms with Gasteiger partial charge >= 0.3 is 0 Å². The Morgan fingerprint density at radius 3 is 2.39 bits per heavy atom. The second-order valence-electron chi connectivity index (χ2n) is 9.95. The molecule has 0 N–H and O–H groups in total. The van der Waals surface area contributed by atoms with E-state index >= 15 is 0 Å². The summed E-state index contributed by atoms with van der Waals surface area (Å²) in [6, 6.07) is 19.1. The third-order valence-electron chi connectivity index (χ3n) is 7.08. The molecule has 3 aromatic carbocycles. The number of nitro benzene ring substituents is 1. The highest BCUT2D eigenvalue weighted by atomic mass is 35.5. The van der Waals surface area contributed by atoms with Crippen molar-refractivity contribution in [2.45, 2.75) is 13.5 Å². The maximum atomic E-state index is 13.2. The Hall–Kier alpha value is -4.55. The highest BCUT2D eigenvalue weighted by Crippen LogP contribution is 2.39. The molecule has 0 bridgehead atoms. The van der Waals surface area contributed by atoms with Gasteiger partial charge in [0.2, 0.25) is 5.91 Å².